The lowest BCUT2D eigenvalue weighted by Gasteiger charge is -2.57. The lowest BCUT2D eigenvalue weighted by Crippen LogP contribution is -2.56. The van der Waals surface area contributed by atoms with E-state index in [4.69, 9.17) is 9.47 Å². The molecule has 0 aromatic rings. The lowest BCUT2D eigenvalue weighted by molar-refractivity contribution is -0.192. The molecule has 21 heavy (non-hydrogen) atoms. The van der Waals surface area contributed by atoms with Gasteiger partial charge in [-0.25, -0.2) is 0 Å². The first-order valence-corrected chi connectivity index (χ1v) is 7.69. The molecule has 3 aliphatic rings. The number of methoxy groups -OCH3 is 1. The van der Waals surface area contributed by atoms with Gasteiger partial charge in [-0.05, 0) is 48.6 Å². The normalized spacial score (nSPS) is 36.5. The maximum atomic E-state index is 11.6. The number of hydrogen-bond donors (Lipinski definition) is 0. The molecule has 3 nitrogen and oxygen atoms in total. The summed E-state index contributed by atoms with van der Waals surface area (Å²) in [5, 5.41) is 0. The summed E-state index contributed by atoms with van der Waals surface area (Å²) < 4.78 is 11.7. The second-order valence-electron chi connectivity index (χ2n) is 7.23. The number of carbonyl (C=O) groups excluding carboxylic acids is 1. The van der Waals surface area contributed by atoms with Crippen LogP contribution in [0, 0.1) is 10.8 Å². The molecule has 1 heterocycles. The van der Waals surface area contributed by atoms with Crippen LogP contribution in [0.1, 0.15) is 40.0 Å². The van der Waals surface area contributed by atoms with Gasteiger partial charge in [-0.2, -0.15) is 0 Å². The Morgan fingerprint density at radius 1 is 1.19 bits per heavy atom. The zero-order valence-electron chi connectivity index (χ0n) is 13.3. The molecule has 0 unspecified atom stereocenters. The van der Waals surface area contributed by atoms with Crippen LogP contribution in [-0.2, 0) is 14.3 Å². The predicted molar refractivity (Wildman–Crippen MR) is 81.7 cm³/mol. The number of ketones is 1. The highest BCUT2D eigenvalue weighted by molar-refractivity contribution is 6.00. The van der Waals surface area contributed by atoms with E-state index in [9.17, 15) is 4.79 Å². The van der Waals surface area contributed by atoms with Crippen LogP contribution >= 0.6 is 0 Å². The molecule has 1 saturated carbocycles. The van der Waals surface area contributed by atoms with Crippen LogP contribution < -0.4 is 0 Å². The number of carbonyl (C=O) groups is 1. The molecule has 114 valence electrons. The van der Waals surface area contributed by atoms with Crippen molar-refractivity contribution < 1.29 is 14.3 Å². The highest BCUT2D eigenvalue weighted by Crippen LogP contribution is 2.60. The number of rotatable bonds is 1. The molecule has 2 aliphatic carbocycles. The van der Waals surface area contributed by atoms with Crippen LogP contribution in [-0.4, -0.2) is 24.8 Å². The van der Waals surface area contributed by atoms with E-state index in [0.29, 0.717) is 0 Å². The molecule has 1 fully saturated rings. The van der Waals surface area contributed by atoms with E-state index in [2.05, 4.69) is 26.8 Å². The third-order valence-corrected chi connectivity index (χ3v) is 5.50. The van der Waals surface area contributed by atoms with Crippen molar-refractivity contribution in [2.45, 2.75) is 51.9 Å². The van der Waals surface area contributed by atoms with Crippen LogP contribution in [0.5, 0.6) is 0 Å². The van der Waals surface area contributed by atoms with Gasteiger partial charge >= 0.3 is 0 Å². The van der Waals surface area contributed by atoms with Crippen molar-refractivity contribution in [2.75, 3.05) is 7.11 Å². The molecule has 0 radical (unpaired) electrons. The number of allylic oxidation sites excluding steroid dienone is 2. The van der Waals surface area contributed by atoms with Gasteiger partial charge in [-0.15, -0.1) is 0 Å². The first-order valence-electron chi connectivity index (χ1n) is 7.69. The summed E-state index contributed by atoms with van der Waals surface area (Å²) in [6.45, 7) is 6.85. The first-order chi connectivity index (χ1) is 9.83. The molecule has 1 spiro atoms. The zero-order valence-corrected chi connectivity index (χ0v) is 13.3. The van der Waals surface area contributed by atoms with Gasteiger partial charge in [0.25, 0.3) is 0 Å². The van der Waals surface area contributed by atoms with E-state index in [1.54, 1.807) is 19.3 Å². The Morgan fingerprint density at radius 2 is 1.86 bits per heavy atom. The largest absolute Gasteiger partial charge is 0.352 e. The quantitative estimate of drug-likeness (QED) is 0.692. The summed E-state index contributed by atoms with van der Waals surface area (Å²) in [7, 11) is 1.66. The van der Waals surface area contributed by atoms with E-state index in [0.717, 1.165) is 6.42 Å². The third-order valence-electron chi connectivity index (χ3n) is 5.50. The Labute approximate surface area is 126 Å². The van der Waals surface area contributed by atoms with Crippen molar-refractivity contribution in [1.82, 2.24) is 0 Å². The van der Waals surface area contributed by atoms with Crippen molar-refractivity contribution >= 4 is 5.78 Å². The highest BCUT2D eigenvalue weighted by Gasteiger charge is 2.57. The molecule has 0 saturated heterocycles. The molecular formula is C18H24O3. The minimum Gasteiger partial charge on any atom is -0.352 e. The van der Waals surface area contributed by atoms with E-state index < -0.39 is 5.60 Å². The molecule has 3 rings (SSSR count). The molecule has 1 aliphatic heterocycles. The topological polar surface area (TPSA) is 35.5 Å². The molecule has 0 amide bonds. The summed E-state index contributed by atoms with van der Waals surface area (Å²) in [5.41, 5.74) is 0.813. The molecular weight excluding hydrogens is 264 g/mol. The smallest absolute Gasteiger partial charge is 0.178 e. The van der Waals surface area contributed by atoms with Crippen molar-refractivity contribution in [2.24, 2.45) is 10.8 Å². The Kier molecular flexibility index (Phi) is 3.26. The summed E-state index contributed by atoms with van der Waals surface area (Å²) in [5.74, 6) is 0.0213. The van der Waals surface area contributed by atoms with Gasteiger partial charge in [-0.3, -0.25) is 4.79 Å². The fourth-order valence-corrected chi connectivity index (χ4v) is 4.29. The lowest BCUT2D eigenvalue weighted by atomic mass is 9.53. The predicted octanol–water partition coefficient (Wildman–Crippen LogP) is 3.57. The van der Waals surface area contributed by atoms with Gasteiger partial charge in [-0.1, -0.05) is 32.8 Å². The highest BCUT2D eigenvalue weighted by atomic mass is 16.7. The molecule has 0 bridgehead atoms. The van der Waals surface area contributed by atoms with E-state index in [-0.39, 0.29) is 22.9 Å². The first kappa shape index (κ1) is 14.7. The second kappa shape index (κ2) is 4.65. The van der Waals surface area contributed by atoms with E-state index >= 15 is 0 Å². The van der Waals surface area contributed by atoms with Crippen molar-refractivity contribution in [1.29, 1.82) is 0 Å². The maximum Gasteiger partial charge on any atom is 0.178 e. The van der Waals surface area contributed by atoms with Crippen LogP contribution in [0.2, 0.25) is 0 Å². The fourth-order valence-electron chi connectivity index (χ4n) is 4.29. The Balaban J connectivity index is 2.15. The number of hydrogen-bond acceptors (Lipinski definition) is 3. The number of ether oxygens (including phenoxy) is 2. The number of fused-ring (bicyclic) bond motifs is 2. The summed E-state index contributed by atoms with van der Waals surface area (Å²) in [6, 6.07) is 0. The summed E-state index contributed by atoms with van der Waals surface area (Å²) in [6.07, 6.45) is 12.3. The standard InChI is InChI=1S/C18H24O3/c1-16(2)8-5-9-17(3)14(16)12-15(20-4)21-18(17)10-6-13(19)7-11-18/h6-7,10-12,15H,5,8-9H2,1-4H3/t15-,17-/m0/s1. The Hall–Kier alpha value is -1.19. The Morgan fingerprint density at radius 3 is 2.48 bits per heavy atom. The van der Waals surface area contributed by atoms with Crippen molar-refractivity contribution in [3.8, 4) is 0 Å². The minimum atomic E-state index is -0.580. The van der Waals surface area contributed by atoms with Crippen molar-refractivity contribution in [3.05, 3.63) is 36.0 Å². The maximum absolute atomic E-state index is 11.6. The SMILES string of the molecule is CO[C@@H]1C=C2C(C)(C)CCC[C@]2(C)C2(C=CC(=O)C=C2)O1. The van der Waals surface area contributed by atoms with Crippen LogP contribution in [0.25, 0.3) is 0 Å². The molecule has 3 heteroatoms. The van der Waals surface area contributed by atoms with Crippen LogP contribution in [0.15, 0.2) is 36.0 Å². The summed E-state index contributed by atoms with van der Waals surface area (Å²) in [4.78, 5) is 11.6. The van der Waals surface area contributed by atoms with Crippen LogP contribution in [0.4, 0.5) is 0 Å². The summed E-state index contributed by atoms with van der Waals surface area (Å²) >= 11 is 0. The van der Waals surface area contributed by atoms with Crippen molar-refractivity contribution in [3.63, 3.8) is 0 Å². The zero-order chi connectivity index (χ0) is 15.3. The van der Waals surface area contributed by atoms with Crippen LogP contribution in [0.3, 0.4) is 0 Å². The third kappa shape index (κ3) is 2.06. The van der Waals surface area contributed by atoms with Gasteiger partial charge in [0.15, 0.2) is 12.1 Å². The van der Waals surface area contributed by atoms with Gasteiger partial charge in [0.2, 0.25) is 0 Å². The fraction of sp³-hybridized carbons (Fsp3) is 0.611. The van der Waals surface area contributed by atoms with Gasteiger partial charge in [0.05, 0.1) is 0 Å². The molecule has 0 aromatic carbocycles. The van der Waals surface area contributed by atoms with E-state index in [1.807, 2.05) is 12.2 Å². The second-order valence-corrected chi connectivity index (χ2v) is 7.23. The molecule has 0 aromatic heterocycles. The van der Waals surface area contributed by atoms with Gasteiger partial charge < -0.3 is 9.47 Å². The molecule has 2 atom stereocenters. The molecule has 0 N–H and O–H groups in total. The van der Waals surface area contributed by atoms with Gasteiger partial charge in [0, 0.05) is 12.5 Å². The van der Waals surface area contributed by atoms with Gasteiger partial charge in [0.1, 0.15) is 5.60 Å². The average molecular weight is 288 g/mol. The van der Waals surface area contributed by atoms with E-state index in [1.165, 1.54) is 18.4 Å². The Bertz CT molecular complexity index is 537. The monoisotopic (exact) mass is 288 g/mol. The minimum absolute atomic E-state index is 0.0213. The average Bonchev–Trinajstić information content (AvgIpc) is 2.43.